The van der Waals surface area contributed by atoms with Crippen LogP contribution in [-0.4, -0.2) is 10.9 Å². The van der Waals surface area contributed by atoms with Gasteiger partial charge in [-0.3, -0.25) is 4.79 Å². The van der Waals surface area contributed by atoms with E-state index in [1.54, 1.807) is 12.1 Å². The molecule has 2 nitrogen and oxygen atoms in total. The van der Waals surface area contributed by atoms with Crippen LogP contribution in [0, 0.1) is 0 Å². The van der Waals surface area contributed by atoms with Crippen molar-refractivity contribution in [2.24, 2.45) is 0 Å². The van der Waals surface area contributed by atoms with Gasteiger partial charge in [0.25, 0.3) is 0 Å². The van der Waals surface area contributed by atoms with E-state index in [9.17, 15) is 9.18 Å². The van der Waals surface area contributed by atoms with Crippen molar-refractivity contribution in [1.82, 2.24) is 4.57 Å². The zero-order valence-corrected chi connectivity index (χ0v) is 6.90. The highest BCUT2D eigenvalue weighted by atomic mass is 19.1. The zero-order valence-electron chi connectivity index (χ0n) is 6.90. The maximum absolute atomic E-state index is 12.5. The summed E-state index contributed by atoms with van der Waals surface area (Å²) < 4.78 is 13.9. The first-order valence-electron chi connectivity index (χ1n) is 3.96. The van der Waals surface area contributed by atoms with E-state index in [1.807, 2.05) is 18.2 Å². The molecule has 0 radical (unpaired) electrons. The van der Waals surface area contributed by atoms with Crippen LogP contribution >= 0.6 is 0 Å². The molecule has 0 spiro atoms. The van der Waals surface area contributed by atoms with Crippen LogP contribution < -0.4 is 0 Å². The quantitative estimate of drug-likeness (QED) is 0.645. The fourth-order valence-electron chi connectivity index (χ4n) is 1.46. The molecule has 0 aliphatic heterocycles. The summed E-state index contributed by atoms with van der Waals surface area (Å²) in [5, 5.41) is 0.891. The van der Waals surface area contributed by atoms with Crippen LogP contribution in [0.3, 0.4) is 0 Å². The summed E-state index contributed by atoms with van der Waals surface area (Å²) in [6.07, 6.45) is 0.666. The molecular weight excluding hydrogens is 169 g/mol. The molecule has 0 unspecified atom stereocenters. The molecule has 0 bridgehead atoms. The van der Waals surface area contributed by atoms with Crippen molar-refractivity contribution in [3.63, 3.8) is 0 Å². The van der Waals surface area contributed by atoms with E-state index in [4.69, 9.17) is 0 Å². The van der Waals surface area contributed by atoms with Gasteiger partial charge in [-0.05, 0) is 12.1 Å². The normalized spacial score (nSPS) is 10.5. The molecule has 1 aromatic heterocycles. The van der Waals surface area contributed by atoms with E-state index in [0.29, 0.717) is 12.0 Å². The molecule has 0 aliphatic carbocycles. The summed E-state index contributed by atoms with van der Waals surface area (Å²) in [6, 6.07) is 9.01. The second kappa shape index (κ2) is 3.01. The van der Waals surface area contributed by atoms with E-state index in [0.717, 1.165) is 10.9 Å². The lowest BCUT2D eigenvalue weighted by molar-refractivity contribution is 0.111. The molecule has 13 heavy (non-hydrogen) atoms. The molecule has 3 heteroatoms. The first kappa shape index (κ1) is 7.98. The van der Waals surface area contributed by atoms with Gasteiger partial charge in [0.2, 0.25) is 0 Å². The summed E-state index contributed by atoms with van der Waals surface area (Å²) >= 11 is 0. The molecule has 0 aliphatic rings. The second-order valence-electron chi connectivity index (χ2n) is 2.79. The Hall–Kier alpha value is -1.64. The Morgan fingerprint density at radius 2 is 2.15 bits per heavy atom. The van der Waals surface area contributed by atoms with Gasteiger partial charge < -0.3 is 4.57 Å². The minimum Gasteiger partial charge on any atom is -0.310 e. The Balaban J connectivity index is 2.81. The van der Waals surface area contributed by atoms with Crippen LogP contribution in [0.5, 0.6) is 0 Å². The van der Waals surface area contributed by atoms with Gasteiger partial charge >= 0.3 is 0 Å². The highest BCUT2D eigenvalue weighted by molar-refractivity contribution is 5.88. The predicted molar refractivity (Wildman–Crippen MR) is 48.4 cm³/mol. The number of halogens is 1. The zero-order chi connectivity index (χ0) is 9.26. The number of aromatic nitrogens is 1. The molecule has 1 aromatic carbocycles. The smallest absolute Gasteiger partial charge is 0.166 e. The van der Waals surface area contributed by atoms with E-state index in [-0.39, 0.29) is 0 Å². The third kappa shape index (κ3) is 1.13. The van der Waals surface area contributed by atoms with Crippen LogP contribution in [0.15, 0.2) is 30.3 Å². The Morgan fingerprint density at radius 3 is 2.85 bits per heavy atom. The largest absolute Gasteiger partial charge is 0.310 e. The number of rotatable bonds is 2. The van der Waals surface area contributed by atoms with Crippen molar-refractivity contribution in [2.75, 3.05) is 0 Å². The molecule has 0 saturated heterocycles. The average Bonchev–Trinajstić information content (AvgIpc) is 2.55. The second-order valence-corrected chi connectivity index (χ2v) is 2.79. The van der Waals surface area contributed by atoms with Crippen LogP contribution in [0.25, 0.3) is 10.9 Å². The van der Waals surface area contributed by atoms with Gasteiger partial charge in [-0.2, -0.15) is 0 Å². The highest BCUT2D eigenvalue weighted by Gasteiger charge is 2.05. The number of fused-ring (bicyclic) bond motifs is 1. The lowest BCUT2D eigenvalue weighted by Gasteiger charge is -1.99. The summed E-state index contributed by atoms with van der Waals surface area (Å²) in [6.45, 7) is -0.665. The monoisotopic (exact) mass is 177 g/mol. The molecule has 2 aromatic rings. The number of aldehydes is 1. The third-order valence-electron chi connectivity index (χ3n) is 2.08. The van der Waals surface area contributed by atoms with Crippen LogP contribution in [-0.2, 0) is 6.80 Å². The standard InChI is InChI=1S/C10H8FNO/c11-7-12-9(6-13)5-8-3-1-2-4-10(8)12/h1-6H,7H2. The summed E-state index contributed by atoms with van der Waals surface area (Å²) in [5.41, 5.74) is 1.14. The molecule has 66 valence electrons. The van der Waals surface area contributed by atoms with Crippen molar-refractivity contribution >= 4 is 17.2 Å². The topological polar surface area (TPSA) is 22.0 Å². The van der Waals surface area contributed by atoms with Crippen molar-refractivity contribution in [3.05, 3.63) is 36.0 Å². The number of alkyl halides is 1. The lowest BCUT2D eigenvalue weighted by Crippen LogP contribution is -1.97. The number of nitrogens with zero attached hydrogens (tertiary/aromatic N) is 1. The molecule has 0 saturated carbocycles. The van der Waals surface area contributed by atoms with E-state index < -0.39 is 6.80 Å². The van der Waals surface area contributed by atoms with Gasteiger partial charge in [0, 0.05) is 5.39 Å². The van der Waals surface area contributed by atoms with Gasteiger partial charge in [0.15, 0.2) is 13.1 Å². The van der Waals surface area contributed by atoms with Crippen molar-refractivity contribution in [1.29, 1.82) is 0 Å². The number of para-hydroxylation sites is 1. The molecule has 0 amide bonds. The number of hydrogen-bond acceptors (Lipinski definition) is 1. The summed E-state index contributed by atoms with van der Waals surface area (Å²) in [5.74, 6) is 0. The number of carbonyl (C=O) groups is 1. The fourth-order valence-corrected chi connectivity index (χ4v) is 1.46. The average molecular weight is 177 g/mol. The van der Waals surface area contributed by atoms with Gasteiger partial charge in [-0.1, -0.05) is 18.2 Å². The molecular formula is C10H8FNO. The maximum atomic E-state index is 12.5. The first-order chi connectivity index (χ1) is 6.36. The van der Waals surface area contributed by atoms with E-state index in [1.165, 1.54) is 4.57 Å². The molecule has 1 heterocycles. The number of carbonyl (C=O) groups excluding carboxylic acids is 1. The van der Waals surface area contributed by atoms with Crippen molar-refractivity contribution in [3.8, 4) is 0 Å². The maximum Gasteiger partial charge on any atom is 0.166 e. The van der Waals surface area contributed by atoms with Gasteiger partial charge in [0.05, 0.1) is 11.2 Å². The molecule has 0 N–H and O–H groups in total. The number of benzene rings is 1. The van der Waals surface area contributed by atoms with Crippen molar-refractivity contribution < 1.29 is 9.18 Å². The van der Waals surface area contributed by atoms with Crippen molar-refractivity contribution in [2.45, 2.75) is 6.80 Å². The summed E-state index contributed by atoms with van der Waals surface area (Å²) in [4.78, 5) is 10.6. The van der Waals surface area contributed by atoms with Gasteiger partial charge in [-0.25, -0.2) is 4.39 Å². The predicted octanol–water partition coefficient (Wildman–Crippen LogP) is 2.38. The molecule has 0 fully saturated rings. The van der Waals surface area contributed by atoms with Gasteiger partial charge in [0.1, 0.15) is 0 Å². The van der Waals surface area contributed by atoms with E-state index >= 15 is 0 Å². The molecule has 2 rings (SSSR count). The minimum absolute atomic E-state index is 0.378. The SMILES string of the molecule is O=Cc1cc2ccccc2n1CF. The summed E-state index contributed by atoms with van der Waals surface area (Å²) in [7, 11) is 0. The minimum atomic E-state index is -0.665. The van der Waals surface area contributed by atoms with Gasteiger partial charge in [-0.15, -0.1) is 0 Å². The Labute approximate surface area is 74.6 Å². The van der Waals surface area contributed by atoms with Crippen LogP contribution in [0.1, 0.15) is 10.5 Å². The Bertz CT molecular complexity index is 447. The first-order valence-corrected chi connectivity index (χ1v) is 3.96. The Morgan fingerprint density at radius 1 is 1.38 bits per heavy atom. The number of hydrogen-bond donors (Lipinski definition) is 0. The van der Waals surface area contributed by atoms with E-state index in [2.05, 4.69) is 0 Å². The van der Waals surface area contributed by atoms with Crippen LogP contribution in [0.4, 0.5) is 4.39 Å². The highest BCUT2D eigenvalue weighted by Crippen LogP contribution is 2.18. The fraction of sp³-hybridized carbons (Fsp3) is 0.100. The molecule has 0 atom stereocenters. The van der Waals surface area contributed by atoms with Crippen LogP contribution in [0.2, 0.25) is 0 Å². The Kier molecular flexibility index (Phi) is 1.85. The lowest BCUT2D eigenvalue weighted by atomic mass is 10.2. The third-order valence-corrected chi connectivity index (χ3v) is 2.08.